The van der Waals surface area contributed by atoms with E-state index in [9.17, 15) is 19.8 Å². The molecule has 88 heavy (non-hydrogen) atoms. The molecule has 0 fully saturated rings. The van der Waals surface area contributed by atoms with Crippen molar-refractivity contribution in [2.24, 2.45) is 0 Å². The van der Waals surface area contributed by atoms with Gasteiger partial charge in [0.15, 0.2) is 0 Å². The molecule has 3 N–H and O–H groups in total. The first kappa shape index (κ1) is 86.6. The first-order valence-electron chi connectivity index (χ1n) is 41.0. The van der Waals surface area contributed by atoms with Crippen LogP contribution in [0.5, 0.6) is 0 Å². The Balaban J connectivity index is 3.35. The molecule has 2 unspecified atom stereocenters. The van der Waals surface area contributed by atoms with E-state index in [1.807, 2.05) is 6.08 Å². The second-order valence-electron chi connectivity index (χ2n) is 28.5. The number of aliphatic hydroxyl groups is 2. The molecule has 0 aliphatic rings. The minimum Gasteiger partial charge on any atom is -0.466 e. The number of hydrogen-bond acceptors (Lipinski definition) is 5. The molecular formula is C82H161NO5. The highest BCUT2D eigenvalue weighted by Gasteiger charge is 2.18. The summed E-state index contributed by atoms with van der Waals surface area (Å²) < 4.78 is 5.52. The Morgan fingerprint density at radius 1 is 0.307 bits per heavy atom. The molecule has 0 radical (unpaired) electrons. The van der Waals surface area contributed by atoms with Crippen LogP contribution in [0.2, 0.25) is 0 Å². The number of carbonyl (C=O) groups is 2. The minimum atomic E-state index is -0.843. The summed E-state index contributed by atoms with van der Waals surface area (Å²) in [5.74, 6) is -0.0341. The lowest BCUT2D eigenvalue weighted by Crippen LogP contribution is -2.45. The third-order valence-corrected chi connectivity index (χ3v) is 19.6. The number of ether oxygens (including phenoxy) is 1. The fourth-order valence-electron chi connectivity index (χ4n) is 13.3. The van der Waals surface area contributed by atoms with Gasteiger partial charge in [-0.25, -0.2) is 0 Å². The number of hydrogen-bond donors (Lipinski definition) is 3. The van der Waals surface area contributed by atoms with Crippen LogP contribution in [0.4, 0.5) is 0 Å². The molecule has 0 aromatic carbocycles. The van der Waals surface area contributed by atoms with E-state index >= 15 is 0 Å². The Morgan fingerprint density at radius 2 is 0.523 bits per heavy atom. The van der Waals surface area contributed by atoms with Crippen molar-refractivity contribution in [3.05, 3.63) is 12.2 Å². The van der Waals surface area contributed by atoms with Gasteiger partial charge in [-0.3, -0.25) is 9.59 Å². The lowest BCUT2D eigenvalue weighted by molar-refractivity contribution is -0.143. The Kier molecular flexibility index (Phi) is 76.8. The molecule has 0 heterocycles. The van der Waals surface area contributed by atoms with Gasteiger partial charge < -0.3 is 20.3 Å². The van der Waals surface area contributed by atoms with Crippen LogP contribution in [0.25, 0.3) is 0 Å². The van der Waals surface area contributed by atoms with Gasteiger partial charge in [-0.15, -0.1) is 0 Å². The molecule has 0 saturated heterocycles. The minimum absolute atomic E-state index is 0.0248. The van der Waals surface area contributed by atoms with Crippen molar-refractivity contribution in [1.82, 2.24) is 5.32 Å². The molecule has 0 aliphatic heterocycles. The van der Waals surface area contributed by atoms with Crippen LogP contribution in [0.1, 0.15) is 476 Å². The number of esters is 1. The molecule has 524 valence electrons. The van der Waals surface area contributed by atoms with E-state index in [1.54, 1.807) is 6.08 Å². The molecule has 2 atom stereocenters. The number of unbranched alkanes of at least 4 members (excludes halogenated alkanes) is 67. The quantitative estimate of drug-likeness (QED) is 0.0320. The van der Waals surface area contributed by atoms with Crippen LogP contribution in [-0.4, -0.2) is 47.4 Å². The maximum atomic E-state index is 12.6. The number of carbonyl (C=O) groups excluding carboxylic acids is 2. The topological polar surface area (TPSA) is 95.9 Å². The average Bonchev–Trinajstić information content (AvgIpc) is 3.56. The van der Waals surface area contributed by atoms with Gasteiger partial charge in [0.1, 0.15) is 0 Å². The highest BCUT2D eigenvalue weighted by molar-refractivity contribution is 5.76. The molecule has 0 aromatic rings. The summed E-state index contributed by atoms with van der Waals surface area (Å²) in [6.45, 7) is 4.97. The van der Waals surface area contributed by atoms with Crippen LogP contribution in [0.3, 0.4) is 0 Å². The molecule has 0 rings (SSSR count). The SMILES string of the molecule is CCCCCCCCCCCCCCCCCCCCCCCC/C=C/C(O)C(CO)NC(=O)CCCCCCCCCCCCCCCCCCCCCCCCCCCCCCOC(=O)CCCCCCCCCCCCCCCCCCCCC. The highest BCUT2D eigenvalue weighted by Crippen LogP contribution is 2.21. The maximum absolute atomic E-state index is 12.6. The molecule has 6 nitrogen and oxygen atoms in total. The van der Waals surface area contributed by atoms with Crippen LogP contribution < -0.4 is 5.32 Å². The molecule has 1 amide bonds. The van der Waals surface area contributed by atoms with E-state index in [1.165, 1.54) is 411 Å². The van der Waals surface area contributed by atoms with Crippen LogP contribution >= 0.6 is 0 Å². The van der Waals surface area contributed by atoms with E-state index in [-0.39, 0.29) is 18.5 Å². The molecule has 0 bridgehead atoms. The highest BCUT2D eigenvalue weighted by atomic mass is 16.5. The summed E-state index contributed by atoms with van der Waals surface area (Å²) in [6, 6.07) is -0.626. The maximum Gasteiger partial charge on any atom is 0.305 e. The van der Waals surface area contributed by atoms with Crippen molar-refractivity contribution >= 4 is 11.9 Å². The lowest BCUT2D eigenvalue weighted by atomic mass is 10.0. The van der Waals surface area contributed by atoms with Crippen LogP contribution in [0.15, 0.2) is 12.2 Å². The predicted octanol–water partition coefficient (Wildman–Crippen LogP) is 27.1. The number of amides is 1. The zero-order chi connectivity index (χ0) is 63.5. The number of aliphatic hydroxyl groups excluding tert-OH is 2. The van der Waals surface area contributed by atoms with Gasteiger partial charge in [0, 0.05) is 12.8 Å². The Labute approximate surface area is 552 Å². The summed E-state index contributed by atoms with van der Waals surface area (Å²) in [4.78, 5) is 24.7. The normalized spacial score (nSPS) is 12.5. The second-order valence-corrected chi connectivity index (χ2v) is 28.5. The molecule has 6 heteroatoms. The van der Waals surface area contributed by atoms with Gasteiger partial charge >= 0.3 is 5.97 Å². The largest absolute Gasteiger partial charge is 0.466 e. The predicted molar refractivity (Wildman–Crippen MR) is 389 cm³/mol. The van der Waals surface area contributed by atoms with Crippen LogP contribution in [0, 0.1) is 0 Å². The summed E-state index contributed by atoms with van der Waals surface area (Å²) in [5.41, 5.74) is 0. The second kappa shape index (κ2) is 78.0. The molecule has 0 saturated carbocycles. The lowest BCUT2D eigenvalue weighted by Gasteiger charge is -2.20. The summed E-state index contributed by atoms with van der Waals surface area (Å²) >= 11 is 0. The van der Waals surface area contributed by atoms with Crippen molar-refractivity contribution < 1.29 is 24.5 Å². The fourth-order valence-corrected chi connectivity index (χ4v) is 13.3. The van der Waals surface area contributed by atoms with Crippen molar-refractivity contribution in [1.29, 1.82) is 0 Å². The van der Waals surface area contributed by atoms with Crippen molar-refractivity contribution in [2.75, 3.05) is 13.2 Å². The van der Waals surface area contributed by atoms with Crippen LogP contribution in [-0.2, 0) is 14.3 Å². The van der Waals surface area contributed by atoms with Gasteiger partial charge in [0.25, 0.3) is 0 Å². The summed E-state index contributed by atoms with van der Waals surface area (Å²) in [5, 5.41) is 23.3. The number of allylic oxidation sites excluding steroid dienone is 1. The van der Waals surface area contributed by atoms with Gasteiger partial charge in [0.2, 0.25) is 5.91 Å². The number of nitrogens with one attached hydrogen (secondary N) is 1. The Morgan fingerprint density at radius 3 is 0.773 bits per heavy atom. The van der Waals surface area contributed by atoms with Gasteiger partial charge in [-0.05, 0) is 32.1 Å². The van der Waals surface area contributed by atoms with E-state index in [0.29, 0.717) is 19.4 Å². The number of rotatable bonds is 78. The van der Waals surface area contributed by atoms with Gasteiger partial charge in [-0.2, -0.15) is 0 Å². The molecule has 0 spiro atoms. The summed E-state index contributed by atoms with van der Waals surface area (Å²) in [7, 11) is 0. The standard InChI is InChI=1S/C82H161NO5/c1-3-5-7-9-11-13-15-17-19-21-23-24-25-32-35-39-42-46-50-54-58-62-66-70-74-80(85)79(78-84)83-81(86)75-71-67-63-59-55-51-47-43-40-36-33-30-28-26-27-29-31-34-37-41-45-49-53-57-61-65-69-73-77-88-82(87)76-72-68-64-60-56-52-48-44-38-22-20-18-16-14-12-10-8-6-4-2/h70,74,79-80,84-85H,3-69,71-73,75-78H2,1-2H3,(H,83,86)/b74-70+. The van der Waals surface area contributed by atoms with E-state index < -0.39 is 12.1 Å². The molecule has 0 aromatic heterocycles. The third kappa shape index (κ3) is 73.6. The van der Waals surface area contributed by atoms with Crippen molar-refractivity contribution in [3.63, 3.8) is 0 Å². The Bertz CT molecular complexity index is 1340. The smallest absolute Gasteiger partial charge is 0.305 e. The van der Waals surface area contributed by atoms with Crippen molar-refractivity contribution in [2.45, 2.75) is 488 Å². The molecular weight excluding hydrogens is 1080 g/mol. The first-order valence-corrected chi connectivity index (χ1v) is 41.0. The van der Waals surface area contributed by atoms with Gasteiger partial charge in [0.05, 0.1) is 25.4 Å². The van der Waals surface area contributed by atoms with Gasteiger partial charge in [-0.1, -0.05) is 443 Å². The average molecular weight is 1240 g/mol. The van der Waals surface area contributed by atoms with E-state index in [0.717, 1.165) is 38.5 Å². The monoisotopic (exact) mass is 1240 g/mol. The molecule has 0 aliphatic carbocycles. The zero-order valence-corrected chi connectivity index (χ0v) is 60.3. The first-order chi connectivity index (χ1) is 43.5. The zero-order valence-electron chi connectivity index (χ0n) is 60.3. The van der Waals surface area contributed by atoms with E-state index in [2.05, 4.69) is 19.2 Å². The third-order valence-electron chi connectivity index (χ3n) is 19.6. The summed E-state index contributed by atoms with van der Waals surface area (Å²) in [6.07, 6.45) is 99.1. The van der Waals surface area contributed by atoms with E-state index in [4.69, 9.17) is 4.74 Å². The van der Waals surface area contributed by atoms with Crippen molar-refractivity contribution in [3.8, 4) is 0 Å². The Hall–Kier alpha value is -1.40. The fraction of sp³-hybridized carbons (Fsp3) is 0.951.